The van der Waals surface area contributed by atoms with Crippen LogP contribution in [0.1, 0.15) is 166 Å². The third-order valence-corrected chi connectivity index (χ3v) is 30.1. The second-order valence-corrected chi connectivity index (χ2v) is 39.8. The number of carbonyl (C=O) groups excluding carboxylic acids is 2. The molecule has 116 heavy (non-hydrogen) atoms. The summed E-state index contributed by atoms with van der Waals surface area (Å²) in [5.74, 6) is 1.77. The molecule has 10 heterocycles. The number of thiocarbonyl (C=S) groups is 3. The fourth-order valence-corrected chi connectivity index (χ4v) is 20.9. The summed E-state index contributed by atoms with van der Waals surface area (Å²) >= 11 is 17.4. The zero-order valence-corrected chi connectivity index (χ0v) is 72.2. The largest absolute Gasteiger partial charge is 0.389 e. The van der Waals surface area contributed by atoms with Crippen molar-refractivity contribution in [3.8, 4) is 33.4 Å². The van der Waals surface area contributed by atoms with E-state index in [1.54, 1.807) is 47.6 Å². The molecule has 2 atom stereocenters. The molecule has 0 saturated carbocycles. The first kappa shape index (κ1) is 83.7. The number of Topliss-reactive ketones (excluding diaryl/α,β-unsaturated/α-hetero) is 2. The quantitative estimate of drug-likeness (QED) is 0.0333. The van der Waals surface area contributed by atoms with Crippen LogP contribution >= 0.6 is 48.0 Å². The van der Waals surface area contributed by atoms with Crippen LogP contribution in [0.2, 0.25) is 0 Å². The van der Waals surface area contributed by atoms with E-state index in [4.69, 9.17) is 53.9 Å². The number of carbonyl (C=O) groups is 2. The third kappa shape index (κ3) is 18.7. The molecule has 27 heteroatoms. The summed E-state index contributed by atoms with van der Waals surface area (Å²) < 4.78 is 63.4. The maximum absolute atomic E-state index is 12.8. The highest BCUT2D eigenvalue weighted by atomic mass is 32.2. The smallest absolute Gasteiger partial charge is 0.216 e. The van der Waals surface area contributed by atoms with E-state index in [1.807, 2.05) is 67.2 Å². The number of ketones is 2. The van der Waals surface area contributed by atoms with Crippen molar-refractivity contribution in [3.63, 3.8) is 0 Å². The summed E-state index contributed by atoms with van der Waals surface area (Å²) in [6.07, 6.45) is 19.1. The lowest BCUT2D eigenvalue weighted by Crippen LogP contribution is -2.48. The van der Waals surface area contributed by atoms with E-state index in [-0.39, 0.29) is 35.7 Å². The summed E-state index contributed by atoms with van der Waals surface area (Å²) in [5, 5.41) is 24.4. The van der Waals surface area contributed by atoms with E-state index >= 15 is 0 Å². The van der Waals surface area contributed by atoms with Gasteiger partial charge in [-0.3, -0.25) is 14.3 Å². The second kappa shape index (κ2) is 36.2. The first-order valence-corrected chi connectivity index (χ1v) is 45.9. The molecule has 0 aliphatic carbocycles. The molecule has 21 nitrogen and oxygen atoms in total. The van der Waals surface area contributed by atoms with Gasteiger partial charge < -0.3 is 46.4 Å². The molecule has 11 aromatic rings. The Bertz CT molecular complexity index is 5710. The third-order valence-electron chi connectivity index (χ3n) is 24.0. The lowest BCUT2D eigenvalue weighted by molar-refractivity contribution is -0.122. The van der Waals surface area contributed by atoms with Gasteiger partial charge in [0.2, 0.25) is 20.0 Å². The molecule has 0 bridgehead atoms. The van der Waals surface area contributed by atoms with Gasteiger partial charge in [0.15, 0.2) is 0 Å². The average molecular weight is 1680 g/mol. The molecule has 5 aliphatic rings. The lowest BCUT2D eigenvalue weighted by Gasteiger charge is -2.34. The number of nitrogens with one attached hydrogen (secondary N) is 2. The zero-order chi connectivity index (χ0) is 81.9. The van der Waals surface area contributed by atoms with Gasteiger partial charge in [-0.2, -0.15) is 5.10 Å². The van der Waals surface area contributed by atoms with E-state index in [9.17, 15) is 26.4 Å². The van der Waals surface area contributed by atoms with Crippen LogP contribution in [0, 0.1) is 13.8 Å². The zero-order valence-electron chi connectivity index (χ0n) is 67.3. The number of nitrogens with zero attached hydrogens (tertiary/aromatic N) is 10. The summed E-state index contributed by atoms with van der Waals surface area (Å²) in [6, 6.07) is 47.1. The molecule has 5 saturated heterocycles. The number of hydrogen-bond donors (Lipinski definition) is 5. The number of rotatable bonds is 25. The average Bonchev–Trinajstić information content (AvgIpc) is 1.62. The second-order valence-electron chi connectivity index (χ2n) is 32.3. The van der Waals surface area contributed by atoms with Gasteiger partial charge in [0.25, 0.3) is 0 Å². The Hall–Kier alpha value is -8.74. The topological polar surface area (TPSA) is 273 Å². The van der Waals surface area contributed by atoms with Crippen LogP contribution in [0.25, 0.3) is 66.1 Å². The van der Waals surface area contributed by atoms with Crippen molar-refractivity contribution >= 4 is 133 Å². The Balaban J connectivity index is 0.000000143. The van der Waals surface area contributed by atoms with Gasteiger partial charge in [0.05, 0.1) is 28.3 Å². The molecule has 0 spiro atoms. The number of sulfonamides is 2. The standard InChI is InChI=1S/C30H33N7S2.C30H38N4O3S2.C29H36N4O3S2/c1-19-15-29(35(3)34-19)36-13-11-24(12-14-36)37-18-26(22-5-4-6-23(17-22)30(31)38)25-9-7-21(16-27(25)37)8-10-28-33-32-20(2)39-28;1-20(2)39(36,37)33-15-12-24(13-16-33)34-19-26(22-5-3-6-23(18-22)30(31)38)25-10-8-21(17-28(25)34)9-11-29(35)27-7-4-14-32-27;1-19(2)38(35,36)32-14-11-23(12-15-32)33-18-25(21-4-3-5-22(17-21)29(30)37)24-8-6-20(16-27(24)33)7-9-28(34)26-10-13-31-26/h4-7,9,15-18,24H,8,10-14H2,1-3H3,(H2,31,38);3,5-6,8,10,17-20,24,27,32H,4,7,9,11-16H2,1-2H3,(H2,31,38);3-6,8,16-19,23,26,31H,7,9-15H2,1-2H3,(H2,30,37). The van der Waals surface area contributed by atoms with Gasteiger partial charge in [-0.05, 0) is 201 Å². The fourth-order valence-electron chi connectivity index (χ4n) is 17.2. The van der Waals surface area contributed by atoms with Gasteiger partial charge in [-0.25, -0.2) is 25.4 Å². The Labute approximate surface area is 701 Å². The predicted octanol–water partition coefficient (Wildman–Crippen LogP) is 14.5. The number of hydrogen-bond acceptors (Lipinski definition) is 16. The van der Waals surface area contributed by atoms with E-state index in [0.717, 1.165) is 190 Å². The molecule has 2 unspecified atom stereocenters. The van der Waals surface area contributed by atoms with Crippen LogP contribution in [0.5, 0.6) is 0 Å². The van der Waals surface area contributed by atoms with Crippen LogP contribution in [0.3, 0.4) is 0 Å². The van der Waals surface area contributed by atoms with Crippen LogP contribution in [0.4, 0.5) is 5.82 Å². The van der Waals surface area contributed by atoms with Crippen LogP contribution in [-0.2, 0) is 62.4 Å². The molecule has 5 fully saturated rings. The minimum absolute atomic E-state index is 0.00241. The maximum Gasteiger partial charge on any atom is 0.216 e. The van der Waals surface area contributed by atoms with Gasteiger partial charge in [-0.15, -0.1) is 21.5 Å². The van der Waals surface area contributed by atoms with Crippen molar-refractivity contribution in [2.45, 2.75) is 179 Å². The molecule has 5 aromatic heterocycles. The number of aryl methyl sites for hydroxylation is 7. The maximum atomic E-state index is 12.8. The molecular weight excluding hydrogens is 1570 g/mol. The van der Waals surface area contributed by atoms with Crippen molar-refractivity contribution in [2.75, 3.05) is 57.3 Å². The molecule has 610 valence electrons. The Morgan fingerprint density at radius 2 is 0.879 bits per heavy atom. The van der Waals surface area contributed by atoms with E-state index in [1.165, 1.54) is 27.8 Å². The number of piperidine rings is 3. The Kier molecular flexibility index (Phi) is 26.2. The van der Waals surface area contributed by atoms with Crippen molar-refractivity contribution in [1.82, 2.24) is 52.9 Å². The minimum atomic E-state index is -3.27. The first-order chi connectivity index (χ1) is 55.6. The van der Waals surface area contributed by atoms with Crippen LogP contribution in [-0.4, -0.2) is 161 Å². The highest BCUT2D eigenvalue weighted by Gasteiger charge is 2.35. The number of benzene rings is 6. The molecule has 6 aromatic carbocycles. The molecule has 0 radical (unpaired) electrons. The van der Waals surface area contributed by atoms with E-state index in [0.29, 0.717) is 72.9 Å². The van der Waals surface area contributed by atoms with Crippen LogP contribution in [0.15, 0.2) is 152 Å². The SMILES string of the molecule is CC(C)S(=O)(=O)N1CCC(n2cc(-c3cccc(C(N)=S)c3)c3ccc(CCC(=O)C4CCCN4)cc32)CC1.CC(C)S(=O)(=O)N1CCC(n2cc(-c3cccc(C(N)=S)c3)c3ccc(CCC(=O)C4CCN4)cc32)CC1.Cc1cc(N2CCC(n3cc(-c4cccc(C(N)=S)c4)c4ccc(CCc5nnc(C)s5)cc43)CC2)n(C)n1. The fraction of sp³-hybridized carbons (Fsp3) is 0.416. The van der Waals surface area contributed by atoms with Gasteiger partial charge >= 0.3 is 0 Å². The predicted molar refractivity (Wildman–Crippen MR) is 482 cm³/mol. The molecule has 16 rings (SSSR count). The van der Waals surface area contributed by atoms with Gasteiger partial charge in [0, 0.05) is 174 Å². The number of anilines is 1. The van der Waals surface area contributed by atoms with Crippen molar-refractivity contribution in [3.05, 3.63) is 201 Å². The highest BCUT2D eigenvalue weighted by Crippen LogP contribution is 2.42. The summed E-state index contributed by atoms with van der Waals surface area (Å²) in [5.41, 5.74) is 35.2. The van der Waals surface area contributed by atoms with Crippen molar-refractivity contribution in [1.29, 1.82) is 0 Å². The minimum Gasteiger partial charge on any atom is -0.389 e. The van der Waals surface area contributed by atoms with E-state index < -0.39 is 30.5 Å². The van der Waals surface area contributed by atoms with Crippen LogP contribution < -0.4 is 32.7 Å². The van der Waals surface area contributed by atoms with Crippen molar-refractivity contribution < 1.29 is 26.4 Å². The monoisotopic (exact) mass is 1670 g/mol. The van der Waals surface area contributed by atoms with Gasteiger partial charge in [-0.1, -0.05) is 128 Å². The summed E-state index contributed by atoms with van der Waals surface area (Å²) in [6.45, 7) is 16.9. The number of nitrogens with two attached hydrogens (primary N) is 3. The van der Waals surface area contributed by atoms with Crippen molar-refractivity contribution in [2.24, 2.45) is 24.2 Å². The first-order valence-electron chi connectivity index (χ1n) is 40.8. The lowest BCUT2D eigenvalue weighted by atomic mass is 9.96. The van der Waals surface area contributed by atoms with E-state index in [2.05, 4.69) is 155 Å². The molecular formula is C89H107N15O6S6. The molecule has 0 amide bonds. The number of aromatic nitrogens is 7. The normalized spacial score (nSPS) is 17.5. The highest BCUT2D eigenvalue weighted by molar-refractivity contribution is 7.90. The number of fused-ring (bicyclic) bond motifs is 3. The van der Waals surface area contributed by atoms with Gasteiger partial charge in [0.1, 0.15) is 42.4 Å². The summed E-state index contributed by atoms with van der Waals surface area (Å²) in [4.78, 5) is 28.8. The Morgan fingerprint density at radius 1 is 0.491 bits per heavy atom. The Morgan fingerprint density at radius 3 is 1.22 bits per heavy atom. The molecule has 8 N–H and O–H groups in total. The molecule has 5 aliphatic heterocycles. The summed E-state index contributed by atoms with van der Waals surface area (Å²) in [7, 11) is -4.49.